The van der Waals surface area contributed by atoms with Gasteiger partial charge < -0.3 is 5.32 Å². The number of carbonyl (C=O) groups is 1. The van der Waals surface area contributed by atoms with Crippen LogP contribution in [0.25, 0.3) is 27.8 Å². The number of rotatable bonds is 4. The summed E-state index contributed by atoms with van der Waals surface area (Å²) in [7, 11) is 0. The lowest BCUT2D eigenvalue weighted by Gasteiger charge is -2.08. The number of fused-ring (bicyclic) bond motifs is 3. The maximum Gasteiger partial charge on any atom is 0.281 e. The lowest BCUT2D eigenvalue weighted by atomic mass is 10.1. The van der Waals surface area contributed by atoms with Crippen molar-refractivity contribution in [2.24, 2.45) is 0 Å². The van der Waals surface area contributed by atoms with E-state index in [9.17, 15) is 14.0 Å². The SMILES string of the molecule is O=C(NCc1ccccc1Cl)c1ccc2c(=O)nc3c(-c4ccccc4F)n[nH]n3c2c1. The second-order valence-corrected chi connectivity index (χ2v) is 7.53. The van der Waals surface area contributed by atoms with E-state index in [-0.39, 0.29) is 29.4 Å². The first kappa shape index (κ1) is 19.9. The van der Waals surface area contributed by atoms with E-state index in [2.05, 4.69) is 20.6 Å². The zero-order valence-corrected chi connectivity index (χ0v) is 17.2. The summed E-state index contributed by atoms with van der Waals surface area (Å²) in [5.41, 5.74) is 1.62. The molecule has 0 saturated carbocycles. The molecule has 0 aliphatic heterocycles. The van der Waals surface area contributed by atoms with Crippen molar-refractivity contribution in [3.63, 3.8) is 0 Å². The van der Waals surface area contributed by atoms with E-state index in [1.165, 1.54) is 16.6 Å². The standard InChI is InChI=1S/C23H15ClFN5O2/c24-17-7-3-1-5-14(17)12-26-22(31)13-9-10-16-19(11-13)30-21(27-23(16)32)20(28-29-30)15-6-2-4-8-18(15)25/h1-11,29H,12H2,(H,26,31). The lowest BCUT2D eigenvalue weighted by Crippen LogP contribution is -2.23. The van der Waals surface area contributed by atoms with Gasteiger partial charge in [-0.3, -0.25) is 9.59 Å². The number of hydrogen-bond acceptors (Lipinski definition) is 4. The van der Waals surface area contributed by atoms with Crippen LogP contribution < -0.4 is 10.9 Å². The third kappa shape index (κ3) is 3.40. The molecule has 0 radical (unpaired) electrons. The maximum absolute atomic E-state index is 14.3. The molecule has 7 nitrogen and oxygen atoms in total. The van der Waals surface area contributed by atoms with Gasteiger partial charge in [-0.1, -0.05) is 41.9 Å². The molecular weight excluding hydrogens is 433 g/mol. The van der Waals surface area contributed by atoms with Crippen molar-refractivity contribution in [3.8, 4) is 11.3 Å². The topological polar surface area (TPSA) is 92.2 Å². The van der Waals surface area contributed by atoms with Gasteiger partial charge in [-0.2, -0.15) is 10.1 Å². The van der Waals surface area contributed by atoms with Crippen molar-refractivity contribution in [2.45, 2.75) is 6.54 Å². The minimum atomic E-state index is -0.498. The fraction of sp³-hybridized carbons (Fsp3) is 0.0435. The van der Waals surface area contributed by atoms with Crippen LogP contribution in [0.3, 0.4) is 0 Å². The van der Waals surface area contributed by atoms with Crippen LogP contribution in [0.4, 0.5) is 4.39 Å². The molecule has 0 saturated heterocycles. The summed E-state index contributed by atoms with van der Waals surface area (Å²) in [5.74, 6) is -0.817. The average molecular weight is 448 g/mol. The zero-order valence-electron chi connectivity index (χ0n) is 16.5. The highest BCUT2D eigenvalue weighted by Crippen LogP contribution is 2.25. The van der Waals surface area contributed by atoms with E-state index in [4.69, 9.17) is 11.6 Å². The molecule has 0 aliphatic rings. The maximum atomic E-state index is 14.3. The molecule has 2 aromatic heterocycles. The van der Waals surface area contributed by atoms with Crippen molar-refractivity contribution in [2.75, 3.05) is 0 Å². The summed E-state index contributed by atoms with van der Waals surface area (Å²) in [6.45, 7) is 0.254. The second-order valence-electron chi connectivity index (χ2n) is 7.12. The van der Waals surface area contributed by atoms with Crippen LogP contribution in [0.15, 0.2) is 71.5 Å². The smallest absolute Gasteiger partial charge is 0.281 e. The number of aromatic amines is 1. The summed E-state index contributed by atoms with van der Waals surface area (Å²) in [5, 5.41) is 10.6. The average Bonchev–Trinajstić information content (AvgIpc) is 3.22. The largest absolute Gasteiger partial charge is 0.348 e. The van der Waals surface area contributed by atoms with E-state index in [0.29, 0.717) is 21.5 Å². The monoisotopic (exact) mass is 447 g/mol. The molecule has 9 heteroatoms. The van der Waals surface area contributed by atoms with Crippen molar-refractivity contribution < 1.29 is 9.18 Å². The quantitative estimate of drug-likeness (QED) is 0.436. The van der Waals surface area contributed by atoms with Crippen molar-refractivity contribution in [1.29, 1.82) is 0 Å². The Hall–Kier alpha value is -4.04. The van der Waals surface area contributed by atoms with Crippen molar-refractivity contribution >= 4 is 34.1 Å². The predicted octanol–water partition coefficient (Wildman–Crippen LogP) is 3.96. The van der Waals surface area contributed by atoms with Crippen LogP contribution in [0, 0.1) is 5.82 Å². The molecule has 0 atom stereocenters. The molecule has 0 unspecified atom stereocenters. The van der Waals surface area contributed by atoms with Gasteiger partial charge in [0.2, 0.25) is 0 Å². The molecular formula is C23H15ClFN5O2. The van der Waals surface area contributed by atoms with Crippen LogP contribution in [0.2, 0.25) is 5.02 Å². The number of carbonyl (C=O) groups excluding carboxylic acids is 1. The number of halogens is 2. The Morgan fingerprint density at radius 1 is 1.09 bits per heavy atom. The summed E-state index contributed by atoms with van der Waals surface area (Å²) in [6, 6.07) is 18.0. The molecule has 3 aromatic carbocycles. The van der Waals surface area contributed by atoms with E-state index in [1.54, 1.807) is 36.4 Å². The molecule has 0 spiro atoms. The van der Waals surface area contributed by atoms with Gasteiger partial charge in [-0.25, -0.2) is 14.1 Å². The van der Waals surface area contributed by atoms with E-state index in [1.807, 2.05) is 18.2 Å². The number of amides is 1. The summed E-state index contributed by atoms with van der Waals surface area (Å²) in [6.07, 6.45) is 0. The Labute approximate surface area is 185 Å². The van der Waals surface area contributed by atoms with Crippen molar-refractivity contribution in [3.05, 3.63) is 99.1 Å². The minimum absolute atomic E-state index is 0.168. The van der Waals surface area contributed by atoms with Crippen LogP contribution >= 0.6 is 11.6 Å². The predicted molar refractivity (Wildman–Crippen MR) is 119 cm³/mol. The van der Waals surface area contributed by atoms with E-state index >= 15 is 0 Å². The summed E-state index contributed by atoms with van der Waals surface area (Å²) < 4.78 is 15.7. The molecule has 158 valence electrons. The minimum Gasteiger partial charge on any atom is -0.348 e. The lowest BCUT2D eigenvalue weighted by molar-refractivity contribution is 0.0951. The third-order valence-corrected chi connectivity index (χ3v) is 5.52. The van der Waals surface area contributed by atoms with Gasteiger partial charge in [0.05, 0.1) is 10.9 Å². The summed E-state index contributed by atoms with van der Waals surface area (Å²) in [4.78, 5) is 29.4. The molecule has 0 fully saturated rings. The molecule has 2 N–H and O–H groups in total. The van der Waals surface area contributed by atoms with E-state index in [0.717, 1.165) is 5.56 Å². The fourth-order valence-electron chi connectivity index (χ4n) is 3.52. The number of nitrogens with one attached hydrogen (secondary N) is 2. The summed E-state index contributed by atoms with van der Waals surface area (Å²) >= 11 is 6.14. The number of hydrogen-bond donors (Lipinski definition) is 2. The van der Waals surface area contributed by atoms with Gasteiger partial charge in [0.25, 0.3) is 11.5 Å². The number of aromatic nitrogens is 4. The van der Waals surface area contributed by atoms with E-state index < -0.39 is 11.4 Å². The molecule has 5 aromatic rings. The Kier molecular flexibility index (Phi) is 4.91. The molecule has 0 bridgehead atoms. The first-order valence-corrected chi connectivity index (χ1v) is 10.1. The van der Waals surface area contributed by atoms with Crippen molar-refractivity contribution in [1.82, 2.24) is 25.1 Å². The van der Waals surface area contributed by atoms with Crippen LogP contribution in [0.1, 0.15) is 15.9 Å². The van der Waals surface area contributed by atoms with Crippen LogP contribution in [-0.4, -0.2) is 25.7 Å². The van der Waals surface area contributed by atoms with Crippen LogP contribution in [0.5, 0.6) is 0 Å². The third-order valence-electron chi connectivity index (χ3n) is 5.15. The van der Waals surface area contributed by atoms with Crippen LogP contribution in [-0.2, 0) is 6.54 Å². The highest BCUT2D eigenvalue weighted by Gasteiger charge is 2.17. The highest BCUT2D eigenvalue weighted by atomic mass is 35.5. The molecule has 0 aliphatic carbocycles. The fourth-order valence-corrected chi connectivity index (χ4v) is 3.73. The number of nitrogens with zero attached hydrogens (tertiary/aromatic N) is 3. The molecule has 1 amide bonds. The number of benzene rings is 3. The van der Waals surface area contributed by atoms with Gasteiger partial charge in [0, 0.05) is 22.7 Å². The number of H-pyrrole nitrogens is 1. The van der Waals surface area contributed by atoms with Gasteiger partial charge >= 0.3 is 0 Å². The Bertz CT molecular complexity index is 1560. The molecule has 32 heavy (non-hydrogen) atoms. The molecule has 2 heterocycles. The zero-order chi connectivity index (χ0) is 22.2. The van der Waals surface area contributed by atoms with Gasteiger partial charge in [0.1, 0.15) is 11.5 Å². The first-order chi connectivity index (χ1) is 15.5. The Morgan fingerprint density at radius 2 is 1.88 bits per heavy atom. The highest BCUT2D eigenvalue weighted by molar-refractivity contribution is 6.31. The molecule has 5 rings (SSSR count). The normalized spacial score (nSPS) is 11.2. The van der Waals surface area contributed by atoms with Gasteiger partial charge in [-0.15, -0.1) is 0 Å². The van der Waals surface area contributed by atoms with Gasteiger partial charge in [0.15, 0.2) is 5.65 Å². The van der Waals surface area contributed by atoms with Gasteiger partial charge in [-0.05, 0) is 42.0 Å². The Balaban J connectivity index is 1.56. The second kappa shape index (κ2) is 7.90. The Morgan fingerprint density at radius 3 is 2.69 bits per heavy atom. The first-order valence-electron chi connectivity index (χ1n) is 9.70.